The molecular weight excluding hydrogens is 276 g/mol. The van der Waals surface area contributed by atoms with Gasteiger partial charge in [0.1, 0.15) is 0 Å². The molecule has 0 bridgehead atoms. The van der Waals surface area contributed by atoms with Crippen molar-refractivity contribution in [3.8, 4) is 0 Å². The summed E-state index contributed by atoms with van der Waals surface area (Å²) >= 11 is 0. The quantitative estimate of drug-likeness (QED) is 0.762. The molecule has 0 atom stereocenters. The molecule has 0 fully saturated rings. The van der Waals surface area contributed by atoms with Crippen LogP contribution in [0.3, 0.4) is 0 Å². The van der Waals surface area contributed by atoms with Crippen molar-refractivity contribution in [2.75, 3.05) is 19.7 Å². The predicted octanol–water partition coefficient (Wildman–Crippen LogP) is 2.72. The highest BCUT2D eigenvalue weighted by Gasteiger charge is 2.08. The molecule has 0 spiro atoms. The van der Waals surface area contributed by atoms with Crippen LogP contribution in [-0.4, -0.2) is 35.4 Å². The summed E-state index contributed by atoms with van der Waals surface area (Å²) in [5.41, 5.74) is 1.08. The topological polar surface area (TPSA) is 39.1 Å². The largest absolute Gasteiger partial charge is 0.379 e. The molecule has 0 aliphatic carbocycles. The number of imidazole rings is 1. The lowest BCUT2D eigenvalue weighted by Gasteiger charge is -2.09. The Hall–Kier alpha value is -1.53. The number of nitrogens with zero attached hydrogens (tertiary/aromatic N) is 2. The van der Waals surface area contributed by atoms with Gasteiger partial charge in [0, 0.05) is 31.8 Å². The molecule has 0 radical (unpaired) electrons. The highest BCUT2D eigenvalue weighted by Crippen LogP contribution is 2.17. The molecule has 0 unspecified atom stereocenters. The number of hydrogen-bond donors (Lipinski definition) is 1. The summed E-state index contributed by atoms with van der Waals surface area (Å²) < 4.78 is 33.6. The van der Waals surface area contributed by atoms with E-state index in [1.807, 2.05) is 18.4 Å². The first-order chi connectivity index (χ1) is 10.1. The van der Waals surface area contributed by atoms with Crippen LogP contribution in [0.15, 0.2) is 18.5 Å². The second-order valence-corrected chi connectivity index (χ2v) is 5.22. The second-order valence-electron chi connectivity index (χ2n) is 5.22. The molecule has 0 saturated carbocycles. The molecule has 0 saturated heterocycles. The van der Waals surface area contributed by atoms with Gasteiger partial charge in [0.2, 0.25) is 0 Å². The van der Waals surface area contributed by atoms with Crippen LogP contribution in [0.1, 0.15) is 20.3 Å². The maximum atomic E-state index is 13.3. The van der Waals surface area contributed by atoms with Crippen molar-refractivity contribution < 1.29 is 13.5 Å². The van der Waals surface area contributed by atoms with Gasteiger partial charge in [0.25, 0.3) is 0 Å². The van der Waals surface area contributed by atoms with Gasteiger partial charge in [-0.3, -0.25) is 0 Å². The maximum absolute atomic E-state index is 13.3. The molecule has 0 aliphatic heterocycles. The average molecular weight is 297 g/mol. The Bertz CT molecular complexity index is 584. The highest BCUT2D eigenvalue weighted by atomic mass is 19.2. The number of benzene rings is 1. The lowest BCUT2D eigenvalue weighted by Crippen LogP contribution is -2.22. The fourth-order valence-electron chi connectivity index (χ4n) is 2.07. The normalized spacial score (nSPS) is 11.7. The van der Waals surface area contributed by atoms with Crippen molar-refractivity contribution in [2.45, 2.75) is 32.9 Å². The molecular formula is C15H21F2N3O. The molecule has 1 aromatic heterocycles. The van der Waals surface area contributed by atoms with Crippen LogP contribution in [0, 0.1) is 11.6 Å². The number of rotatable bonds is 8. The van der Waals surface area contributed by atoms with Crippen LogP contribution in [0.5, 0.6) is 0 Å². The molecule has 6 heteroatoms. The molecule has 2 aromatic rings. The SMILES string of the molecule is CC(C)OCCCNCCn1cnc2cc(F)c(F)cc21. The summed E-state index contributed by atoms with van der Waals surface area (Å²) in [7, 11) is 0. The van der Waals surface area contributed by atoms with Crippen molar-refractivity contribution in [2.24, 2.45) is 0 Å². The van der Waals surface area contributed by atoms with Crippen molar-refractivity contribution in [1.82, 2.24) is 14.9 Å². The van der Waals surface area contributed by atoms with Crippen LogP contribution in [0.2, 0.25) is 0 Å². The predicted molar refractivity (Wildman–Crippen MR) is 78.2 cm³/mol. The fraction of sp³-hybridized carbons (Fsp3) is 0.533. The van der Waals surface area contributed by atoms with Crippen molar-refractivity contribution in [3.63, 3.8) is 0 Å². The van der Waals surface area contributed by atoms with Crippen molar-refractivity contribution >= 4 is 11.0 Å². The second kappa shape index (κ2) is 7.47. The number of fused-ring (bicyclic) bond motifs is 1. The molecule has 1 aromatic carbocycles. The van der Waals surface area contributed by atoms with E-state index in [9.17, 15) is 8.78 Å². The van der Waals surface area contributed by atoms with E-state index in [2.05, 4.69) is 10.3 Å². The van der Waals surface area contributed by atoms with Crippen molar-refractivity contribution in [1.29, 1.82) is 0 Å². The van der Waals surface area contributed by atoms with Gasteiger partial charge in [-0.25, -0.2) is 13.8 Å². The molecule has 0 amide bonds. The van der Waals surface area contributed by atoms with Crippen LogP contribution in [0.25, 0.3) is 11.0 Å². The van der Waals surface area contributed by atoms with Gasteiger partial charge < -0.3 is 14.6 Å². The van der Waals surface area contributed by atoms with E-state index in [1.165, 1.54) is 6.07 Å². The van der Waals surface area contributed by atoms with E-state index in [1.54, 1.807) is 6.33 Å². The van der Waals surface area contributed by atoms with Crippen LogP contribution < -0.4 is 5.32 Å². The third-order valence-corrected chi connectivity index (χ3v) is 3.14. The number of nitrogens with one attached hydrogen (secondary N) is 1. The maximum Gasteiger partial charge on any atom is 0.161 e. The standard InChI is InChI=1S/C15H21F2N3O/c1-11(2)21-7-3-4-18-5-6-20-10-19-14-8-12(16)13(17)9-15(14)20/h8-11,18H,3-7H2,1-2H3. The number of ether oxygens (including phenoxy) is 1. The van der Waals surface area contributed by atoms with Gasteiger partial charge >= 0.3 is 0 Å². The van der Waals surface area contributed by atoms with Gasteiger partial charge in [0.05, 0.1) is 23.5 Å². The molecule has 1 heterocycles. The summed E-state index contributed by atoms with van der Waals surface area (Å²) in [5.74, 6) is -1.71. The Morgan fingerprint density at radius 3 is 2.76 bits per heavy atom. The highest BCUT2D eigenvalue weighted by molar-refractivity contribution is 5.75. The molecule has 116 valence electrons. The number of hydrogen-bond acceptors (Lipinski definition) is 3. The van der Waals surface area contributed by atoms with E-state index in [-0.39, 0.29) is 6.10 Å². The Morgan fingerprint density at radius 1 is 1.24 bits per heavy atom. The minimum atomic E-state index is -0.865. The van der Waals surface area contributed by atoms with Crippen LogP contribution >= 0.6 is 0 Å². The zero-order valence-electron chi connectivity index (χ0n) is 12.4. The van der Waals surface area contributed by atoms with E-state index in [0.29, 0.717) is 17.6 Å². The van der Waals surface area contributed by atoms with Crippen molar-refractivity contribution in [3.05, 3.63) is 30.1 Å². The molecule has 0 aliphatic rings. The zero-order valence-corrected chi connectivity index (χ0v) is 12.4. The summed E-state index contributed by atoms with van der Waals surface area (Å²) in [6.45, 7) is 7.03. The summed E-state index contributed by atoms with van der Waals surface area (Å²) in [4.78, 5) is 4.08. The third-order valence-electron chi connectivity index (χ3n) is 3.14. The number of aromatic nitrogens is 2. The molecule has 4 nitrogen and oxygen atoms in total. The van der Waals surface area contributed by atoms with Gasteiger partial charge in [-0.15, -0.1) is 0 Å². The summed E-state index contributed by atoms with van der Waals surface area (Å²) in [6.07, 6.45) is 2.81. The average Bonchev–Trinajstić information content (AvgIpc) is 2.80. The van der Waals surface area contributed by atoms with E-state index >= 15 is 0 Å². The van der Waals surface area contributed by atoms with Gasteiger partial charge in [-0.1, -0.05) is 0 Å². The Morgan fingerprint density at radius 2 is 2.00 bits per heavy atom. The van der Waals surface area contributed by atoms with Gasteiger partial charge in [0.15, 0.2) is 11.6 Å². The number of halogens is 2. The smallest absolute Gasteiger partial charge is 0.161 e. The molecule has 2 rings (SSSR count). The minimum Gasteiger partial charge on any atom is -0.379 e. The monoisotopic (exact) mass is 297 g/mol. The van der Waals surface area contributed by atoms with E-state index < -0.39 is 11.6 Å². The lowest BCUT2D eigenvalue weighted by atomic mass is 10.3. The van der Waals surface area contributed by atoms with Gasteiger partial charge in [-0.05, 0) is 26.8 Å². The first kappa shape index (κ1) is 15.9. The molecule has 21 heavy (non-hydrogen) atoms. The van der Waals surface area contributed by atoms with E-state index in [4.69, 9.17) is 4.74 Å². The summed E-state index contributed by atoms with van der Waals surface area (Å²) in [5, 5.41) is 3.29. The Balaban J connectivity index is 1.78. The van der Waals surface area contributed by atoms with Gasteiger partial charge in [-0.2, -0.15) is 0 Å². The Labute approximate surface area is 123 Å². The lowest BCUT2D eigenvalue weighted by molar-refractivity contribution is 0.0771. The van der Waals surface area contributed by atoms with Crippen LogP contribution in [-0.2, 0) is 11.3 Å². The fourth-order valence-corrected chi connectivity index (χ4v) is 2.07. The zero-order chi connectivity index (χ0) is 15.2. The van der Waals surface area contributed by atoms with Crippen LogP contribution in [0.4, 0.5) is 8.78 Å². The first-order valence-corrected chi connectivity index (χ1v) is 7.20. The molecule has 1 N–H and O–H groups in total. The minimum absolute atomic E-state index is 0.262. The first-order valence-electron chi connectivity index (χ1n) is 7.20. The van der Waals surface area contributed by atoms with E-state index in [0.717, 1.165) is 32.2 Å². The Kier molecular flexibility index (Phi) is 5.64. The summed E-state index contributed by atoms with van der Waals surface area (Å²) in [6, 6.07) is 2.31. The third kappa shape index (κ3) is 4.47.